The van der Waals surface area contributed by atoms with Crippen molar-refractivity contribution in [1.82, 2.24) is 14.7 Å². The first-order valence-corrected chi connectivity index (χ1v) is 11.0. The highest BCUT2D eigenvalue weighted by atomic mass is 16.5. The molecule has 6 nitrogen and oxygen atoms in total. The lowest BCUT2D eigenvalue weighted by molar-refractivity contribution is -0.121. The second kappa shape index (κ2) is 10.6. The van der Waals surface area contributed by atoms with Crippen LogP contribution in [0.1, 0.15) is 24.1 Å². The average Bonchev–Trinajstić information content (AvgIpc) is 3.30. The van der Waals surface area contributed by atoms with Gasteiger partial charge in [-0.1, -0.05) is 60.7 Å². The molecular formula is C27H28N4O2. The first-order chi connectivity index (χ1) is 16.2. The summed E-state index contributed by atoms with van der Waals surface area (Å²) in [5.41, 5.74) is 3.60. The third-order valence-corrected chi connectivity index (χ3v) is 5.34. The Hall–Kier alpha value is -3.90. The molecule has 6 heteroatoms. The molecule has 0 saturated heterocycles. The van der Waals surface area contributed by atoms with Gasteiger partial charge in [-0.25, -0.2) is 4.68 Å². The molecule has 0 bridgehead atoms. The van der Waals surface area contributed by atoms with Gasteiger partial charge in [-0.2, -0.15) is 5.10 Å². The summed E-state index contributed by atoms with van der Waals surface area (Å²) in [4.78, 5) is 15.5. The van der Waals surface area contributed by atoms with Gasteiger partial charge in [0, 0.05) is 18.3 Å². The summed E-state index contributed by atoms with van der Waals surface area (Å²) in [6.07, 6.45) is 3.84. The Morgan fingerprint density at radius 2 is 1.67 bits per heavy atom. The molecule has 3 aromatic carbocycles. The van der Waals surface area contributed by atoms with Gasteiger partial charge in [-0.15, -0.1) is 0 Å². The van der Waals surface area contributed by atoms with E-state index in [0.29, 0.717) is 24.6 Å². The first-order valence-electron chi connectivity index (χ1n) is 11.0. The lowest BCUT2D eigenvalue weighted by atomic mass is 10.0. The number of nitrogens with zero attached hydrogens (tertiary/aromatic N) is 3. The van der Waals surface area contributed by atoms with E-state index in [1.54, 1.807) is 0 Å². The summed E-state index contributed by atoms with van der Waals surface area (Å²) in [5, 5.41) is 7.55. The fourth-order valence-electron chi connectivity index (χ4n) is 3.84. The van der Waals surface area contributed by atoms with Crippen LogP contribution in [0.5, 0.6) is 5.75 Å². The maximum atomic E-state index is 13.5. The van der Waals surface area contributed by atoms with Gasteiger partial charge in [0.2, 0.25) is 5.91 Å². The van der Waals surface area contributed by atoms with E-state index in [-0.39, 0.29) is 5.91 Å². The summed E-state index contributed by atoms with van der Waals surface area (Å²) in [5.74, 6) is 0.540. The first kappa shape index (κ1) is 22.3. The number of anilines is 1. The van der Waals surface area contributed by atoms with E-state index in [9.17, 15) is 4.79 Å². The molecular weight excluding hydrogens is 412 g/mol. The van der Waals surface area contributed by atoms with Gasteiger partial charge in [-0.05, 0) is 43.8 Å². The summed E-state index contributed by atoms with van der Waals surface area (Å²) >= 11 is 0. The maximum Gasteiger partial charge on any atom is 0.246 e. The number of carbonyl (C=O) groups excluding carboxylic acids is 1. The van der Waals surface area contributed by atoms with Crippen LogP contribution in [0, 0.1) is 0 Å². The number of rotatable bonds is 9. The van der Waals surface area contributed by atoms with E-state index < -0.39 is 6.04 Å². The zero-order valence-corrected chi connectivity index (χ0v) is 18.9. The molecule has 0 aliphatic rings. The predicted molar refractivity (Wildman–Crippen MR) is 130 cm³/mol. The van der Waals surface area contributed by atoms with Crippen LogP contribution in [0.4, 0.5) is 5.69 Å². The lowest BCUT2D eigenvalue weighted by Gasteiger charge is -2.27. The molecule has 1 N–H and O–H groups in total. The molecule has 1 atom stereocenters. The fourth-order valence-corrected chi connectivity index (χ4v) is 3.84. The second-order valence-electron chi connectivity index (χ2n) is 7.78. The summed E-state index contributed by atoms with van der Waals surface area (Å²) in [6, 6.07) is 26.8. The van der Waals surface area contributed by atoms with Crippen LogP contribution >= 0.6 is 0 Å². The fraction of sp³-hybridized carbons (Fsp3) is 0.185. The highest BCUT2D eigenvalue weighted by Crippen LogP contribution is 2.28. The van der Waals surface area contributed by atoms with Gasteiger partial charge in [0.1, 0.15) is 11.8 Å². The number of hydrogen-bond donors (Lipinski definition) is 1. The van der Waals surface area contributed by atoms with E-state index in [1.807, 2.05) is 121 Å². The average molecular weight is 441 g/mol. The number of aromatic nitrogens is 2. The number of nitrogens with one attached hydrogen (secondary N) is 1. The summed E-state index contributed by atoms with van der Waals surface area (Å²) in [6.45, 7) is 3.02. The summed E-state index contributed by atoms with van der Waals surface area (Å²) < 4.78 is 7.53. The normalized spacial score (nSPS) is 11.8. The van der Waals surface area contributed by atoms with Crippen molar-refractivity contribution >= 4 is 11.6 Å². The van der Waals surface area contributed by atoms with Gasteiger partial charge >= 0.3 is 0 Å². The van der Waals surface area contributed by atoms with Crippen molar-refractivity contribution in [2.24, 2.45) is 0 Å². The molecule has 4 aromatic rings. The number of hydrogen-bond acceptors (Lipinski definition) is 4. The van der Waals surface area contributed by atoms with Crippen LogP contribution < -0.4 is 10.1 Å². The predicted octanol–water partition coefficient (Wildman–Crippen LogP) is 5.08. The number of benzene rings is 3. The van der Waals surface area contributed by atoms with Crippen molar-refractivity contribution < 1.29 is 9.53 Å². The minimum absolute atomic E-state index is 0.119. The minimum Gasteiger partial charge on any atom is -0.492 e. The molecule has 0 unspecified atom stereocenters. The van der Waals surface area contributed by atoms with Crippen LogP contribution in [0.3, 0.4) is 0 Å². The second-order valence-corrected chi connectivity index (χ2v) is 7.78. The monoisotopic (exact) mass is 440 g/mol. The van der Waals surface area contributed by atoms with Gasteiger partial charge in [-0.3, -0.25) is 9.69 Å². The van der Waals surface area contributed by atoms with Crippen molar-refractivity contribution in [2.75, 3.05) is 19.0 Å². The Morgan fingerprint density at radius 3 is 2.39 bits per heavy atom. The molecule has 1 heterocycles. The number of ether oxygens (including phenoxy) is 1. The molecule has 0 radical (unpaired) electrons. The third kappa shape index (κ3) is 5.48. The van der Waals surface area contributed by atoms with E-state index in [1.165, 1.54) is 0 Å². The maximum absolute atomic E-state index is 13.5. The molecule has 0 spiro atoms. The SMILES string of the molecule is CCOc1ccccc1NC(=O)[C@H](c1ccccc1)N(C)Cc1cnn(-c2ccccc2)c1. The Morgan fingerprint density at radius 1 is 1.00 bits per heavy atom. The Bertz CT molecular complexity index is 1170. The van der Waals surface area contributed by atoms with Crippen LogP contribution in [-0.4, -0.2) is 34.2 Å². The molecule has 33 heavy (non-hydrogen) atoms. The number of likely N-dealkylation sites (N-methyl/N-ethyl adjacent to an activating group) is 1. The topological polar surface area (TPSA) is 59.4 Å². The zero-order chi connectivity index (χ0) is 23.0. The van der Waals surface area contributed by atoms with Crippen LogP contribution in [-0.2, 0) is 11.3 Å². The van der Waals surface area contributed by atoms with Crippen molar-refractivity contribution in [3.63, 3.8) is 0 Å². The molecule has 0 aliphatic carbocycles. The number of amides is 1. The number of carbonyl (C=O) groups is 1. The Labute approximate surface area is 194 Å². The van der Waals surface area contributed by atoms with Gasteiger partial charge in [0.05, 0.1) is 24.2 Å². The van der Waals surface area contributed by atoms with E-state index in [0.717, 1.165) is 16.8 Å². The van der Waals surface area contributed by atoms with E-state index in [4.69, 9.17) is 4.74 Å². The third-order valence-electron chi connectivity index (χ3n) is 5.34. The molecule has 168 valence electrons. The largest absolute Gasteiger partial charge is 0.492 e. The van der Waals surface area contributed by atoms with Crippen molar-refractivity contribution in [3.8, 4) is 11.4 Å². The van der Waals surface area contributed by atoms with Crippen LogP contribution in [0.25, 0.3) is 5.69 Å². The van der Waals surface area contributed by atoms with E-state index >= 15 is 0 Å². The van der Waals surface area contributed by atoms with E-state index in [2.05, 4.69) is 10.4 Å². The Balaban J connectivity index is 1.56. The zero-order valence-electron chi connectivity index (χ0n) is 18.9. The van der Waals surface area contributed by atoms with Crippen molar-refractivity contribution in [2.45, 2.75) is 19.5 Å². The summed E-state index contributed by atoms with van der Waals surface area (Å²) in [7, 11) is 1.95. The lowest BCUT2D eigenvalue weighted by Crippen LogP contribution is -2.34. The standard InChI is InChI=1S/C27H28N4O2/c1-3-33-25-17-11-10-16-24(25)29-27(32)26(22-12-6-4-7-13-22)30(2)19-21-18-28-31(20-21)23-14-8-5-9-15-23/h4-18,20,26H,3,19H2,1-2H3,(H,29,32)/t26-/m0/s1. The highest BCUT2D eigenvalue weighted by Gasteiger charge is 2.26. The van der Waals surface area contributed by atoms with Crippen LogP contribution in [0.2, 0.25) is 0 Å². The molecule has 1 amide bonds. The van der Waals surface area contributed by atoms with Crippen LogP contribution in [0.15, 0.2) is 97.3 Å². The molecule has 0 saturated carbocycles. The molecule has 1 aromatic heterocycles. The minimum atomic E-state index is -0.485. The van der Waals surface area contributed by atoms with Gasteiger partial charge in [0.25, 0.3) is 0 Å². The quantitative estimate of drug-likeness (QED) is 0.394. The molecule has 4 rings (SSSR count). The molecule has 0 fully saturated rings. The van der Waals surface area contributed by atoms with Crippen molar-refractivity contribution in [3.05, 3.63) is 108 Å². The van der Waals surface area contributed by atoms with Crippen molar-refractivity contribution in [1.29, 1.82) is 0 Å². The smallest absolute Gasteiger partial charge is 0.246 e. The van der Waals surface area contributed by atoms with Gasteiger partial charge in [0.15, 0.2) is 0 Å². The molecule has 0 aliphatic heterocycles. The Kier molecular flexibility index (Phi) is 7.17. The highest BCUT2D eigenvalue weighted by molar-refractivity contribution is 5.96. The van der Waals surface area contributed by atoms with Gasteiger partial charge < -0.3 is 10.1 Å². The number of para-hydroxylation sites is 3.